The minimum absolute atomic E-state index is 0.0580. The molecule has 9 fully saturated rings. The number of carboxylic acids is 1. The van der Waals surface area contributed by atoms with Crippen molar-refractivity contribution in [2.75, 3.05) is 26.4 Å². The largest absolute Gasteiger partial charge is 0.481 e. The summed E-state index contributed by atoms with van der Waals surface area (Å²) < 4.78 is 59.5. The molecule has 0 spiro atoms. The second-order valence-corrected chi connectivity index (χ2v) is 28.4. The van der Waals surface area contributed by atoms with Gasteiger partial charge in [0.05, 0.1) is 55.6 Å². The lowest BCUT2D eigenvalue weighted by molar-refractivity contribution is -0.382. The Kier molecular flexibility index (Phi) is 19.6. The molecule has 5 saturated heterocycles. The van der Waals surface area contributed by atoms with Crippen molar-refractivity contribution < 1.29 is 144 Å². The van der Waals surface area contributed by atoms with Gasteiger partial charge in [0.15, 0.2) is 31.3 Å². The molecule has 5 aliphatic carbocycles. The molecule has 0 bridgehead atoms. The molecule has 0 aromatic carbocycles. The predicted octanol–water partition coefficient (Wildman–Crippen LogP) is -4.51. The van der Waals surface area contributed by atoms with Crippen LogP contribution in [0.2, 0.25) is 0 Å². The fourth-order valence-electron chi connectivity index (χ4n) is 17.8. The Morgan fingerprint density at radius 3 is 1.73 bits per heavy atom. The molecule has 0 aromatic rings. The van der Waals surface area contributed by atoms with Crippen LogP contribution in [0.1, 0.15) is 106 Å². The van der Waals surface area contributed by atoms with Gasteiger partial charge in [0.1, 0.15) is 104 Å². The first-order valence-electron chi connectivity index (χ1n) is 30.9. The molecule has 5 aliphatic heterocycles. The number of carbonyl (C=O) groups excluding carboxylic acids is 1. The van der Waals surface area contributed by atoms with E-state index in [0.29, 0.717) is 32.1 Å². The van der Waals surface area contributed by atoms with Crippen LogP contribution in [0.15, 0.2) is 11.6 Å². The Morgan fingerprint density at radius 2 is 1.09 bits per heavy atom. The fraction of sp³-hybridized carbons (Fsp3) is 0.932. The average molecular weight is 1270 g/mol. The number of aliphatic hydroxyl groups is 16. The first kappa shape index (κ1) is 68.5. The quantitative estimate of drug-likeness (QED) is 0.0443. The number of esters is 1. The Labute approximate surface area is 508 Å². The van der Waals surface area contributed by atoms with Crippen LogP contribution in [-0.2, 0) is 57.0 Å². The van der Waals surface area contributed by atoms with Crippen LogP contribution in [0.3, 0.4) is 0 Å². The summed E-state index contributed by atoms with van der Waals surface area (Å²) in [4.78, 5) is 29.6. The maximum Gasteiger partial charge on any atom is 0.315 e. The monoisotopic (exact) mass is 1270 g/mol. The number of hydrogen-bond acceptors (Lipinski definition) is 28. The van der Waals surface area contributed by atoms with Crippen LogP contribution in [-0.4, -0.2) is 285 Å². The third-order valence-corrected chi connectivity index (χ3v) is 23.1. The number of fused-ring (bicyclic) bond motifs is 7. The van der Waals surface area contributed by atoms with Crippen LogP contribution < -0.4 is 0 Å². The number of hydrogen-bond donors (Lipinski definition) is 17. The van der Waals surface area contributed by atoms with E-state index < -0.39 is 236 Å². The van der Waals surface area contributed by atoms with Crippen LogP contribution in [0, 0.1) is 50.2 Å². The summed E-state index contributed by atoms with van der Waals surface area (Å²) in [6, 6.07) is 0. The molecule has 10 rings (SSSR count). The lowest BCUT2D eigenvalue weighted by atomic mass is 9.33. The van der Waals surface area contributed by atoms with Gasteiger partial charge in [0.2, 0.25) is 6.29 Å². The lowest BCUT2D eigenvalue weighted by Gasteiger charge is -2.71. The van der Waals surface area contributed by atoms with Gasteiger partial charge in [-0.1, -0.05) is 39.3 Å². The number of aliphatic carboxylic acids is 1. The minimum Gasteiger partial charge on any atom is -0.481 e. The van der Waals surface area contributed by atoms with Gasteiger partial charge in [-0.05, 0) is 113 Å². The first-order valence-corrected chi connectivity index (χ1v) is 30.9. The zero-order valence-electron chi connectivity index (χ0n) is 50.5. The molecule has 88 heavy (non-hydrogen) atoms. The first-order chi connectivity index (χ1) is 41.2. The SMILES string of the molecule is C[C@@H]1O[C@@H](O[C@H]2[C@H](OC(=O)[C@]34CCC(C)(C)CC3C3=CC[C@@H]5[C@@]6(C)C[C@H](O)[C@H](O[C@@H]7O[C@H](CO)[C@@H](O)[C@H](O)[C@H]7O[C@@H]7O[C@H](CO)[C@@H](O)[C@H](O)[C@H]7O)[C@@](C)(C(=O)O)C6CC[C@@]5(C)[C@]3(CO)CC4)O[C@H](C)[C@H](O)[C@@H]2O)[C@H](O)[C@H](O)[C@H]1O[C@@H]1OC[C@@H](O)[C@H](O)[C@H]1O. The molecule has 29 heteroatoms. The molecule has 0 amide bonds. The third kappa shape index (κ3) is 11.0. The van der Waals surface area contributed by atoms with Gasteiger partial charge >= 0.3 is 11.9 Å². The summed E-state index contributed by atoms with van der Waals surface area (Å²) >= 11 is 0. The molecule has 0 aromatic heterocycles. The fourth-order valence-corrected chi connectivity index (χ4v) is 17.8. The molecular formula is C59H94O29. The number of carbonyl (C=O) groups is 2. The van der Waals surface area contributed by atoms with E-state index in [2.05, 4.69) is 26.8 Å². The second kappa shape index (κ2) is 25.1. The van der Waals surface area contributed by atoms with E-state index in [9.17, 15) is 91.6 Å². The van der Waals surface area contributed by atoms with Crippen molar-refractivity contribution in [2.45, 2.75) is 266 Å². The van der Waals surface area contributed by atoms with Gasteiger partial charge in [-0.15, -0.1) is 0 Å². The van der Waals surface area contributed by atoms with Gasteiger partial charge in [0, 0.05) is 5.41 Å². The molecule has 5 heterocycles. The van der Waals surface area contributed by atoms with E-state index in [-0.39, 0.29) is 37.7 Å². The number of allylic oxidation sites excluding steroid dienone is 1. The summed E-state index contributed by atoms with van der Waals surface area (Å²) in [7, 11) is 0. The van der Waals surface area contributed by atoms with Crippen LogP contribution in [0.4, 0.5) is 0 Å². The molecule has 34 atom stereocenters. The molecule has 4 saturated carbocycles. The van der Waals surface area contributed by atoms with E-state index in [1.165, 1.54) is 20.8 Å². The van der Waals surface area contributed by atoms with Gasteiger partial charge in [-0.25, -0.2) is 0 Å². The van der Waals surface area contributed by atoms with Crippen molar-refractivity contribution >= 4 is 11.9 Å². The number of carboxylic acid groups (broad SMARTS) is 1. The van der Waals surface area contributed by atoms with Crippen LogP contribution >= 0.6 is 0 Å². The van der Waals surface area contributed by atoms with Crippen LogP contribution in [0.5, 0.6) is 0 Å². The highest BCUT2D eigenvalue weighted by Crippen LogP contribution is 2.76. The number of ether oxygens (including phenoxy) is 10. The summed E-state index contributed by atoms with van der Waals surface area (Å²) in [5, 5.41) is 187. The highest BCUT2D eigenvalue weighted by Gasteiger charge is 2.74. The third-order valence-electron chi connectivity index (χ3n) is 23.1. The maximum absolute atomic E-state index is 15.5. The van der Waals surface area contributed by atoms with Crippen LogP contribution in [0.25, 0.3) is 0 Å². The Balaban J connectivity index is 0.910. The molecule has 504 valence electrons. The van der Waals surface area contributed by atoms with Crippen molar-refractivity contribution in [3.63, 3.8) is 0 Å². The molecule has 17 N–H and O–H groups in total. The zero-order valence-corrected chi connectivity index (χ0v) is 50.5. The number of aliphatic hydroxyl groups excluding tert-OH is 16. The van der Waals surface area contributed by atoms with Crippen molar-refractivity contribution in [1.29, 1.82) is 0 Å². The normalized spacial score (nSPS) is 54.6. The van der Waals surface area contributed by atoms with E-state index in [0.717, 1.165) is 5.57 Å². The Hall–Kier alpha value is -2.32. The maximum atomic E-state index is 15.5. The smallest absolute Gasteiger partial charge is 0.315 e. The lowest BCUT2D eigenvalue weighted by Crippen LogP contribution is -2.71. The highest BCUT2D eigenvalue weighted by atomic mass is 16.8. The summed E-state index contributed by atoms with van der Waals surface area (Å²) in [6.07, 6.45) is -39.0. The van der Waals surface area contributed by atoms with E-state index >= 15 is 4.79 Å². The molecule has 2 unspecified atom stereocenters. The molecule has 10 aliphatic rings. The van der Waals surface area contributed by atoms with Crippen molar-refractivity contribution in [3.05, 3.63) is 11.6 Å². The molecular weight excluding hydrogens is 1170 g/mol. The van der Waals surface area contributed by atoms with Crippen molar-refractivity contribution in [2.24, 2.45) is 50.2 Å². The molecule has 29 nitrogen and oxygen atoms in total. The zero-order chi connectivity index (χ0) is 64.4. The number of rotatable bonds is 14. The summed E-state index contributed by atoms with van der Waals surface area (Å²) in [5.41, 5.74) is -5.56. The molecule has 0 radical (unpaired) electrons. The second-order valence-electron chi connectivity index (χ2n) is 28.4. The van der Waals surface area contributed by atoms with Gasteiger partial charge in [-0.2, -0.15) is 0 Å². The van der Waals surface area contributed by atoms with E-state index in [1.807, 2.05) is 6.92 Å². The van der Waals surface area contributed by atoms with E-state index in [4.69, 9.17) is 47.4 Å². The Bertz CT molecular complexity index is 2510. The standard InChI is InChI=1S/C59H94O29/c1-22-32(65)37(70)44(85-48-42(75)39(72)43(23(2)81-48)84-47-40(73)33(66)27(64)20-79-47)50(80-22)88-53(78)58-13-12-54(3,4)16-25(58)24-8-9-30-55(5)17-26(63)46(57(7,52(76)77)31(55)10-11-56(30,6)59(24,21-62)15-14-58)87-51-45(38(71)35(68)29(19-61)83-51)86-49-41(74)36(69)34(67)28(18-60)82-49/h8,22-23,25-51,60-75H,9-21H2,1-7H3,(H,76,77)/t22-,23+,25?,26+,27-,28-,29-,30-,31?,32+,33+,34-,35-,36+,37+,38+,39+,40-,41-,42-,43+,44-,45-,46+,47+,48+,49+,50+,51+,55-,56-,57+,58+,59+/m1/s1. The van der Waals surface area contributed by atoms with Crippen molar-refractivity contribution in [3.8, 4) is 0 Å². The topological polar surface area (TPSA) is 470 Å². The Morgan fingerprint density at radius 1 is 0.545 bits per heavy atom. The van der Waals surface area contributed by atoms with E-state index in [1.54, 1.807) is 0 Å². The summed E-state index contributed by atoms with van der Waals surface area (Å²) in [5.74, 6) is -3.81. The highest BCUT2D eigenvalue weighted by molar-refractivity contribution is 5.79. The van der Waals surface area contributed by atoms with Gasteiger partial charge in [-0.3, -0.25) is 9.59 Å². The van der Waals surface area contributed by atoms with Gasteiger partial charge in [0.25, 0.3) is 0 Å². The minimum atomic E-state index is -1.98. The van der Waals surface area contributed by atoms with Crippen molar-refractivity contribution in [1.82, 2.24) is 0 Å². The summed E-state index contributed by atoms with van der Waals surface area (Å²) in [6.45, 7) is 10.1. The average Bonchev–Trinajstić information content (AvgIpc) is 0.673. The van der Waals surface area contributed by atoms with Gasteiger partial charge < -0.3 is 134 Å². The predicted molar refractivity (Wildman–Crippen MR) is 291 cm³/mol.